The molecule has 6 bridgehead atoms. The van der Waals surface area contributed by atoms with Crippen molar-refractivity contribution in [1.82, 2.24) is 4.57 Å². The lowest BCUT2D eigenvalue weighted by Crippen LogP contribution is -2.19. The molecule has 0 fully saturated rings. The molecule has 0 aliphatic carbocycles. The summed E-state index contributed by atoms with van der Waals surface area (Å²) in [4.78, 5) is 11.9. The number of aromatic nitrogens is 1. The summed E-state index contributed by atoms with van der Waals surface area (Å²) in [7, 11) is 0. The standard InChI is InChI=1S/C19H14N2O/c20-19(22)21-17-9-5-15(6-10-17)13-1-2-14(4-3-13)16-7-11-18(21)12-8-16/h1-12H,(H2,20,22). The molecule has 3 heteroatoms. The first-order valence-electron chi connectivity index (χ1n) is 7.13. The van der Waals surface area contributed by atoms with Gasteiger partial charge in [0.2, 0.25) is 0 Å². The van der Waals surface area contributed by atoms with Gasteiger partial charge in [-0.15, -0.1) is 0 Å². The molecule has 5 aromatic heterocycles. The van der Waals surface area contributed by atoms with E-state index in [1.165, 1.54) is 4.57 Å². The van der Waals surface area contributed by atoms with Crippen molar-refractivity contribution in [3.05, 3.63) is 72.8 Å². The molecule has 0 radical (unpaired) electrons. The summed E-state index contributed by atoms with van der Waals surface area (Å²) in [5, 5.41) is 4.52. The second-order valence-corrected chi connectivity index (χ2v) is 5.34. The molecule has 0 spiro atoms. The summed E-state index contributed by atoms with van der Waals surface area (Å²) in [5.41, 5.74) is 7.10. The molecule has 0 unspecified atom stereocenters. The van der Waals surface area contributed by atoms with Crippen LogP contribution in [-0.2, 0) is 0 Å². The molecule has 3 nitrogen and oxygen atoms in total. The quantitative estimate of drug-likeness (QED) is 0.510. The molecular formula is C19H14N2O. The number of hydrogen-bond donors (Lipinski definition) is 1. The molecule has 0 aliphatic rings. The van der Waals surface area contributed by atoms with Crippen molar-refractivity contribution in [2.24, 2.45) is 5.73 Å². The van der Waals surface area contributed by atoms with E-state index in [2.05, 4.69) is 24.3 Å². The zero-order chi connectivity index (χ0) is 15.1. The first kappa shape index (κ1) is 12.7. The highest BCUT2D eigenvalue weighted by molar-refractivity contribution is 5.92. The Morgan fingerprint density at radius 2 is 0.864 bits per heavy atom. The molecule has 8 aromatic rings. The van der Waals surface area contributed by atoms with Gasteiger partial charge in [-0.1, -0.05) is 48.5 Å². The van der Waals surface area contributed by atoms with Crippen molar-refractivity contribution in [3.8, 4) is 0 Å². The Balaban J connectivity index is 2.30. The molecular weight excluding hydrogens is 272 g/mol. The topological polar surface area (TPSA) is 48.0 Å². The number of hydrogen-bond acceptors (Lipinski definition) is 1. The van der Waals surface area contributed by atoms with Gasteiger partial charge < -0.3 is 5.73 Å². The Morgan fingerprint density at radius 1 is 0.591 bits per heavy atom. The third-order valence-electron chi connectivity index (χ3n) is 4.02. The Morgan fingerprint density at radius 3 is 1.14 bits per heavy atom. The van der Waals surface area contributed by atoms with Crippen LogP contribution in [0.25, 0.3) is 32.6 Å². The Hall–Kier alpha value is -3.07. The molecule has 22 heavy (non-hydrogen) atoms. The largest absolute Gasteiger partial charge is 0.351 e. The number of nitrogens with zero attached hydrogens (tertiary/aromatic N) is 1. The normalized spacial score (nSPS) is 11.1. The zero-order valence-corrected chi connectivity index (χ0v) is 11.9. The van der Waals surface area contributed by atoms with Crippen molar-refractivity contribution >= 4 is 38.6 Å². The molecule has 3 aromatic carbocycles. The maximum Gasteiger partial charge on any atom is 0.323 e. The van der Waals surface area contributed by atoms with Gasteiger partial charge in [0.05, 0.1) is 11.0 Å². The van der Waals surface area contributed by atoms with Gasteiger partial charge in [0.15, 0.2) is 0 Å². The van der Waals surface area contributed by atoms with E-state index in [0.29, 0.717) is 0 Å². The molecule has 2 N–H and O–H groups in total. The van der Waals surface area contributed by atoms with E-state index in [1.807, 2.05) is 48.5 Å². The van der Waals surface area contributed by atoms with Gasteiger partial charge in [0, 0.05) is 0 Å². The van der Waals surface area contributed by atoms with Gasteiger partial charge in [-0.3, -0.25) is 4.57 Å². The lowest BCUT2D eigenvalue weighted by atomic mass is 10.1. The van der Waals surface area contributed by atoms with Crippen LogP contribution in [0, 0.1) is 0 Å². The Labute approximate surface area is 127 Å². The maximum absolute atomic E-state index is 11.9. The second kappa shape index (κ2) is 4.74. The summed E-state index contributed by atoms with van der Waals surface area (Å²) in [5.74, 6) is 0. The first-order chi connectivity index (χ1) is 10.7. The Kier molecular flexibility index (Phi) is 2.73. The molecule has 0 saturated heterocycles. The monoisotopic (exact) mass is 286 g/mol. The van der Waals surface area contributed by atoms with E-state index >= 15 is 0 Å². The minimum Gasteiger partial charge on any atom is -0.351 e. The summed E-state index contributed by atoms with van der Waals surface area (Å²) in [6.07, 6.45) is 0. The van der Waals surface area contributed by atoms with Crippen molar-refractivity contribution in [3.63, 3.8) is 0 Å². The summed E-state index contributed by atoms with van der Waals surface area (Å²) >= 11 is 0. The van der Waals surface area contributed by atoms with E-state index in [4.69, 9.17) is 5.73 Å². The molecule has 8 rings (SSSR count). The highest BCUT2D eigenvalue weighted by Crippen LogP contribution is 2.20. The van der Waals surface area contributed by atoms with Crippen LogP contribution in [0.4, 0.5) is 4.79 Å². The minimum atomic E-state index is -0.491. The molecule has 5 heterocycles. The number of primary amides is 1. The van der Waals surface area contributed by atoms with Gasteiger partial charge in [-0.25, -0.2) is 4.79 Å². The van der Waals surface area contributed by atoms with Crippen LogP contribution < -0.4 is 5.73 Å². The van der Waals surface area contributed by atoms with Crippen LogP contribution in [-0.4, -0.2) is 10.6 Å². The predicted octanol–water partition coefficient (Wildman–Crippen LogP) is 4.44. The highest BCUT2D eigenvalue weighted by atomic mass is 16.2. The molecule has 0 saturated carbocycles. The van der Waals surface area contributed by atoms with Gasteiger partial charge >= 0.3 is 6.03 Å². The number of amides is 1. The van der Waals surface area contributed by atoms with Gasteiger partial charge in [-0.2, -0.15) is 0 Å². The van der Waals surface area contributed by atoms with Crippen molar-refractivity contribution in [2.75, 3.05) is 0 Å². The van der Waals surface area contributed by atoms with Gasteiger partial charge in [0.1, 0.15) is 0 Å². The van der Waals surface area contributed by atoms with Gasteiger partial charge in [0.25, 0.3) is 0 Å². The maximum atomic E-state index is 11.9. The second-order valence-electron chi connectivity index (χ2n) is 5.34. The SMILES string of the molecule is NC(=O)n1c2ccc(cc2)c2ccc(cc2)c2ccc1cc2. The zero-order valence-electron chi connectivity index (χ0n) is 11.9. The van der Waals surface area contributed by atoms with Crippen LogP contribution in [0.5, 0.6) is 0 Å². The first-order valence-corrected chi connectivity index (χ1v) is 7.13. The van der Waals surface area contributed by atoms with E-state index < -0.39 is 6.03 Å². The van der Waals surface area contributed by atoms with E-state index in [0.717, 1.165) is 32.6 Å². The number of fused-ring (bicyclic) bond motifs is 1. The number of nitrogens with two attached hydrogens (primary N) is 1. The van der Waals surface area contributed by atoms with Crippen LogP contribution in [0.15, 0.2) is 72.8 Å². The third kappa shape index (κ3) is 1.95. The van der Waals surface area contributed by atoms with E-state index in [-0.39, 0.29) is 0 Å². The third-order valence-corrected chi connectivity index (χ3v) is 4.02. The van der Waals surface area contributed by atoms with E-state index in [1.54, 1.807) is 0 Å². The average Bonchev–Trinajstić information content (AvgIpc) is 2.60. The fourth-order valence-corrected chi connectivity index (χ4v) is 2.86. The average molecular weight is 286 g/mol. The lowest BCUT2D eigenvalue weighted by Gasteiger charge is -2.05. The summed E-state index contributed by atoms with van der Waals surface area (Å²) in [6, 6.07) is 23.7. The fourth-order valence-electron chi connectivity index (χ4n) is 2.86. The number of benzene rings is 3. The molecule has 0 aliphatic heterocycles. The van der Waals surface area contributed by atoms with Crippen LogP contribution >= 0.6 is 0 Å². The predicted molar refractivity (Wildman–Crippen MR) is 90.7 cm³/mol. The fraction of sp³-hybridized carbons (Fsp3) is 0. The number of carbonyl (C=O) groups is 1. The molecule has 1 amide bonds. The summed E-state index contributed by atoms with van der Waals surface area (Å²) in [6.45, 7) is 0. The van der Waals surface area contributed by atoms with E-state index in [9.17, 15) is 4.79 Å². The molecule has 0 atom stereocenters. The lowest BCUT2D eigenvalue weighted by molar-refractivity contribution is 0.252. The number of rotatable bonds is 0. The van der Waals surface area contributed by atoms with Crippen molar-refractivity contribution in [1.29, 1.82) is 0 Å². The van der Waals surface area contributed by atoms with Crippen molar-refractivity contribution in [2.45, 2.75) is 0 Å². The van der Waals surface area contributed by atoms with Crippen LogP contribution in [0.1, 0.15) is 0 Å². The number of carbonyl (C=O) groups excluding carboxylic acids is 1. The Bertz CT molecular complexity index is 922. The van der Waals surface area contributed by atoms with Crippen LogP contribution in [0.3, 0.4) is 0 Å². The molecule has 106 valence electrons. The van der Waals surface area contributed by atoms with Crippen molar-refractivity contribution < 1.29 is 4.79 Å². The van der Waals surface area contributed by atoms with Crippen LogP contribution in [0.2, 0.25) is 0 Å². The highest BCUT2D eigenvalue weighted by Gasteiger charge is 2.02. The smallest absolute Gasteiger partial charge is 0.323 e. The summed E-state index contributed by atoms with van der Waals surface area (Å²) < 4.78 is 1.52. The van der Waals surface area contributed by atoms with Gasteiger partial charge in [-0.05, 0) is 45.8 Å². The minimum absolute atomic E-state index is 0.491.